The van der Waals surface area contributed by atoms with E-state index in [4.69, 9.17) is 5.11 Å². The average molecular weight is 309 g/mol. The van der Waals surface area contributed by atoms with Crippen LogP contribution in [0.25, 0.3) is 0 Å². The zero-order valence-corrected chi connectivity index (χ0v) is 14.6. The van der Waals surface area contributed by atoms with E-state index < -0.39 is 5.97 Å². The first-order valence-electron chi connectivity index (χ1n) is 9.60. The van der Waals surface area contributed by atoms with Crippen molar-refractivity contribution in [1.29, 1.82) is 0 Å². The van der Waals surface area contributed by atoms with E-state index >= 15 is 0 Å². The molecule has 22 heavy (non-hydrogen) atoms. The summed E-state index contributed by atoms with van der Waals surface area (Å²) in [7, 11) is 0. The minimum absolute atomic E-state index is 0.264. The summed E-state index contributed by atoms with van der Waals surface area (Å²) in [5.41, 5.74) is 0. The van der Waals surface area contributed by atoms with Crippen molar-refractivity contribution in [1.82, 2.24) is 0 Å². The summed E-state index contributed by atoms with van der Waals surface area (Å²) in [4.78, 5) is 10.4. The molecule has 0 spiro atoms. The summed E-state index contributed by atoms with van der Waals surface area (Å²) in [5.74, 6) is 1.21. The van der Waals surface area contributed by atoms with E-state index in [0.717, 1.165) is 18.3 Å². The predicted octanol–water partition coefficient (Wildman–Crippen LogP) is 6.35. The third-order valence-electron chi connectivity index (χ3n) is 5.14. The third-order valence-corrected chi connectivity index (χ3v) is 5.14. The van der Waals surface area contributed by atoms with Crippen LogP contribution in [-0.2, 0) is 4.79 Å². The molecular weight excluding hydrogens is 272 g/mol. The zero-order valence-electron chi connectivity index (χ0n) is 14.6. The second kappa shape index (κ2) is 12.7. The highest BCUT2D eigenvalue weighted by molar-refractivity contribution is 5.66. The Morgan fingerprint density at radius 1 is 0.955 bits per heavy atom. The number of hydrogen-bond donors (Lipinski definition) is 1. The summed E-state index contributed by atoms with van der Waals surface area (Å²) in [6, 6.07) is 0. The number of unbranched alkanes of at least 4 members (excludes halogenated alkanes) is 5. The van der Waals surface area contributed by atoms with Crippen molar-refractivity contribution in [2.45, 2.75) is 96.8 Å². The predicted molar refractivity (Wildman–Crippen MR) is 94.1 cm³/mol. The summed E-state index contributed by atoms with van der Waals surface area (Å²) in [6.45, 7) is 2.28. The minimum atomic E-state index is -0.695. The lowest BCUT2D eigenvalue weighted by Gasteiger charge is -2.18. The lowest BCUT2D eigenvalue weighted by atomic mass is 9.87. The van der Waals surface area contributed by atoms with E-state index in [1.165, 1.54) is 70.6 Å². The number of rotatable bonds is 13. The number of allylic oxidation sites excluding steroid dienone is 2. The lowest BCUT2D eigenvalue weighted by Crippen LogP contribution is -2.07. The molecule has 2 nitrogen and oxygen atoms in total. The van der Waals surface area contributed by atoms with Gasteiger partial charge in [-0.05, 0) is 31.1 Å². The maximum Gasteiger partial charge on any atom is 0.303 e. The Hall–Kier alpha value is -0.790. The van der Waals surface area contributed by atoms with Crippen LogP contribution < -0.4 is 0 Å². The molecule has 0 unspecified atom stereocenters. The Morgan fingerprint density at radius 3 is 2.32 bits per heavy atom. The van der Waals surface area contributed by atoms with Gasteiger partial charge in [0.25, 0.3) is 0 Å². The smallest absolute Gasteiger partial charge is 0.303 e. The largest absolute Gasteiger partial charge is 0.481 e. The molecule has 0 amide bonds. The van der Waals surface area contributed by atoms with Gasteiger partial charge >= 0.3 is 5.97 Å². The van der Waals surface area contributed by atoms with Crippen LogP contribution in [0.5, 0.6) is 0 Å². The van der Waals surface area contributed by atoms with E-state index in [1.807, 2.05) is 6.08 Å². The Balaban J connectivity index is 2.06. The highest BCUT2D eigenvalue weighted by Gasteiger charge is 2.25. The van der Waals surface area contributed by atoms with Gasteiger partial charge in [-0.25, -0.2) is 0 Å². The van der Waals surface area contributed by atoms with Crippen LogP contribution in [0.1, 0.15) is 96.8 Å². The van der Waals surface area contributed by atoms with Crippen LogP contribution in [0.15, 0.2) is 12.2 Å². The quantitative estimate of drug-likeness (QED) is 0.318. The van der Waals surface area contributed by atoms with Crippen molar-refractivity contribution in [3.05, 3.63) is 12.2 Å². The minimum Gasteiger partial charge on any atom is -0.481 e. The lowest BCUT2D eigenvalue weighted by molar-refractivity contribution is -0.136. The Kier molecular flexibility index (Phi) is 11.1. The molecule has 0 bridgehead atoms. The van der Waals surface area contributed by atoms with Crippen LogP contribution in [0.3, 0.4) is 0 Å². The van der Waals surface area contributed by atoms with Crippen LogP contribution in [0, 0.1) is 11.8 Å². The van der Waals surface area contributed by atoms with Crippen molar-refractivity contribution < 1.29 is 9.90 Å². The van der Waals surface area contributed by atoms with Crippen molar-refractivity contribution in [2.24, 2.45) is 11.8 Å². The molecule has 0 radical (unpaired) electrons. The van der Waals surface area contributed by atoms with E-state index in [2.05, 4.69) is 13.0 Å². The van der Waals surface area contributed by atoms with Gasteiger partial charge in [0.05, 0.1) is 0 Å². The van der Waals surface area contributed by atoms with Gasteiger partial charge in [-0.3, -0.25) is 4.79 Å². The fraction of sp³-hybridized carbons (Fsp3) is 0.850. The van der Waals surface area contributed by atoms with Gasteiger partial charge in [0.15, 0.2) is 0 Å². The summed E-state index contributed by atoms with van der Waals surface area (Å²) in [6.07, 6.45) is 21.8. The molecule has 0 aromatic carbocycles. The van der Waals surface area contributed by atoms with Gasteiger partial charge < -0.3 is 5.11 Å². The number of carboxylic acid groups (broad SMARTS) is 1. The molecule has 1 saturated carbocycles. The maximum absolute atomic E-state index is 10.4. The van der Waals surface area contributed by atoms with Gasteiger partial charge in [0, 0.05) is 6.42 Å². The molecular formula is C20H36O2. The second-order valence-electron chi connectivity index (χ2n) is 6.99. The fourth-order valence-corrected chi connectivity index (χ4v) is 3.81. The van der Waals surface area contributed by atoms with Crippen LogP contribution >= 0.6 is 0 Å². The first kappa shape index (κ1) is 19.3. The molecule has 128 valence electrons. The van der Waals surface area contributed by atoms with Gasteiger partial charge in [0.1, 0.15) is 0 Å². The number of hydrogen-bond acceptors (Lipinski definition) is 1. The molecule has 0 saturated heterocycles. The standard InChI is InChI=1S/C20H36O2/c1-2-3-4-5-6-9-13-18-15-12-16-19(18)14-10-7-8-11-17-20(21)22/h7-8,18-19H,2-6,9-17H2,1H3,(H,21,22)/b8-7-/t18-,19-/m0/s1. The zero-order chi connectivity index (χ0) is 16.0. The Bertz CT molecular complexity index is 309. The van der Waals surface area contributed by atoms with Crippen molar-refractivity contribution in [3.8, 4) is 0 Å². The van der Waals surface area contributed by atoms with Crippen molar-refractivity contribution >= 4 is 5.97 Å². The van der Waals surface area contributed by atoms with Gasteiger partial charge in [0.2, 0.25) is 0 Å². The molecule has 1 aliphatic carbocycles. The third kappa shape index (κ3) is 9.27. The highest BCUT2D eigenvalue weighted by atomic mass is 16.4. The first-order valence-corrected chi connectivity index (χ1v) is 9.60. The Labute approximate surface area is 137 Å². The SMILES string of the molecule is CCCCCCCC[C@H]1CCC[C@@H]1CC/C=C\CCC(=O)O. The number of aliphatic carboxylic acids is 1. The first-order chi connectivity index (χ1) is 10.7. The summed E-state index contributed by atoms with van der Waals surface area (Å²) < 4.78 is 0. The van der Waals surface area contributed by atoms with E-state index in [-0.39, 0.29) is 6.42 Å². The molecule has 1 fully saturated rings. The van der Waals surface area contributed by atoms with Crippen LogP contribution in [0.4, 0.5) is 0 Å². The normalized spacial score (nSPS) is 21.7. The van der Waals surface area contributed by atoms with Crippen molar-refractivity contribution in [3.63, 3.8) is 0 Å². The van der Waals surface area contributed by atoms with E-state index in [0.29, 0.717) is 6.42 Å². The molecule has 0 aromatic rings. The monoisotopic (exact) mass is 308 g/mol. The maximum atomic E-state index is 10.4. The number of carbonyl (C=O) groups is 1. The fourth-order valence-electron chi connectivity index (χ4n) is 3.81. The average Bonchev–Trinajstić information content (AvgIpc) is 2.93. The molecule has 0 aliphatic heterocycles. The van der Waals surface area contributed by atoms with Crippen LogP contribution in [0.2, 0.25) is 0 Å². The molecule has 1 rings (SSSR count). The highest BCUT2D eigenvalue weighted by Crippen LogP contribution is 2.38. The molecule has 1 N–H and O–H groups in total. The van der Waals surface area contributed by atoms with Gasteiger partial charge in [-0.1, -0.05) is 83.3 Å². The molecule has 2 atom stereocenters. The Morgan fingerprint density at radius 2 is 1.59 bits per heavy atom. The molecule has 0 heterocycles. The molecule has 0 aromatic heterocycles. The van der Waals surface area contributed by atoms with E-state index in [1.54, 1.807) is 0 Å². The summed E-state index contributed by atoms with van der Waals surface area (Å²) in [5, 5.41) is 8.59. The molecule has 2 heteroatoms. The van der Waals surface area contributed by atoms with Gasteiger partial charge in [-0.15, -0.1) is 0 Å². The topological polar surface area (TPSA) is 37.3 Å². The van der Waals surface area contributed by atoms with Gasteiger partial charge in [-0.2, -0.15) is 0 Å². The molecule has 1 aliphatic rings. The summed E-state index contributed by atoms with van der Waals surface area (Å²) >= 11 is 0. The second-order valence-corrected chi connectivity index (χ2v) is 6.99. The van der Waals surface area contributed by atoms with Crippen LogP contribution in [-0.4, -0.2) is 11.1 Å². The number of carboxylic acids is 1. The van der Waals surface area contributed by atoms with Crippen molar-refractivity contribution in [2.75, 3.05) is 0 Å². The van der Waals surface area contributed by atoms with E-state index in [9.17, 15) is 4.79 Å².